The molecule has 0 unspecified atom stereocenters. The number of nitrogens with one attached hydrogen (secondary N) is 1. The molecule has 7 heteroatoms. The van der Waals surface area contributed by atoms with Gasteiger partial charge in [0.05, 0.1) is 16.5 Å². The average molecular weight is 385 g/mol. The molecule has 0 radical (unpaired) electrons. The molecule has 27 heavy (non-hydrogen) atoms. The summed E-state index contributed by atoms with van der Waals surface area (Å²) in [4.78, 5) is 22.3. The van der Waals surface area contributed by atoms with Crippen LogP contribution in [0.1, 0.15) is 45.4 Å². The molecule has 1 heterocycles. The maximum atomic E-state index is 11.5. The summed E-state index contributed by atoms with van der Waals surface area (Å²) in [7, 11) is 0. The van der Waals surface area contributed by atoms with Crippen molar-refractivity contribution in [1.29, 1.82) is 0 Å². The fraction of sp³-hybridized carbons (Fsp3) is 0.250. The Morgan fingerprint density at radius 2 is 2.11 bits per heavy atom. The number of nitrogens with zero attached hydrogens (tertiary/aromatic N) is 1. The molecule has 1 aliphatic heterocycles. The molecule has 2 aromatic rings. The zero-order valence-electron chi connectivity index (χ0n) is 14.5. The number of anilines is 1. The van der Waals surface area contributed by atoms with Gasteiger partial charge in [0.15, 0.2) is 0 Å². The van der Waals surface area contributed by atoms with Gasteiger partial charge in [0.1, 0.15) is 5.02 Å². The Bertz CT molecular complexity index is 1000. The Balaban J connectivity index is 1.84. The summed E-state index contributed by atoms with van der Waals surface area (Å²) in [6.45, 7) is 1.79. The lowest BCUT2D eigenvalue weighted by Crippen LogP contribution is -2.30. The Labute approximate surface area is 160 Å². The number of fused-ring (bicyclic) bond motifs is 3. The molecule has 0 fully saturated rings. The molecule has 2 aromatic carbocycles. The number of nitro groups is 1. The third kappa shape index (κ3) is 2.77. The van der Waals surface area contributed by atoms with E-state index in [-0.39, 0.29) is 34.2 Å². The maximum Gasteiger partial charge on any atom is 0.336 e. The van der Waals surface area contributed by atoms with Gasteiger partial charge in [0.25, 0.3) is 5.69 Å². The van der Waals surface area contributed by atoms with Crippen LogP contribution < -0.4 is 5.32 Å². The van der Waals surface area contributed by atoms with E-state index in [9.17, 15) is 20.0 Å². The molecule has 2 aliphatic rings. The van der Waals surface area contributed by atoms with Crippen LogP contribution in [0.2, 0.25) is 5.02 Å². The van der Waals surface area contributed by atoms with Gasteiger partial charge in [-0.25, -0.2) is 4.79 Å². The highest BCUT2D eigenvalue weighted by Crippen LogP contribution is 2.51. The molecule has 2 N–H and O–H groups in total. The third-order valence-corrected chi connectivity index (χ3v) is 5.87. The van der Waals surface area contributed by atoms with Crippen molar-refractivity contribution in [1.82, 2.24) is 0 Å². The molecular formula is C20H17ClN2O4. The molecule has 3 atom stereocenters. The number of allylic oxidation sites excluding steroid dienone is 2. The highest BCUT2D eigenvalue weighted by molar-refractivity contribution is 6.32. The number of hydrogen-bond donors (Lipinski definition) is 2. The summed E-state index contributed by atoms with van der Waals surface area (Å²) in [6.07, 6.45) is 5.10. The zero-order valence-corrected chi connectivity index (χ0v) is 15.2. The Morgan fingerprint density at radius 1 is 1.33 bits per heavy atom. The molecule has 1 aliphatic carbocycles. The number of hydrogen-bond acceptors (Lipinski definition) is 4. The predicted molar refractivity (Wildman–Crippen MR) is 103 cm³/mol. The highest BCUT2D eigenvalue weighted by atomic mass is 35.5. The highest BCUT2D eigenvalue weighted by Gasteiger charge is 2.39. The van der Waals surface area contributed by atoms with Gasteiger partial charge >= 0.3 is 5.97 Å². The van der Waals surface area contributed by atoms with E-state index in [1.54, 1.807) is 25.1 Å². The van der Waals surface area contributed by atoms with Gasteiger partial charge in [-0.2, -0.15) is 0 Å². The van der Waals surface area contributed by atoms with Crippen LogP contribution in [0.5, 0.6) is 0 Å². The van der Waals surface area contributed by atoms with Crippen molar-refractivity contribution in [2.75, 3.05) is 5.32 Å². The van der Waals surface area contributed by atoms with Crippen LogP contribution in [0.3, 0.4) is 0 Å². The zero-order chi connectivity index (χ0) is 19.3. The van der Waals surface area contributed by atoms with E-state index in [0.717, 1.165) is 23.2 Å². The number of carbonyl (C=O) groups is 1. The molecule has 0 spiro atoms. The van der Waals surface area contributed by atoms with E-state index < -0.39 is 10.9 Å². The van der Waals surface area contributed by atoms with Gasteiger partial charge in [0, 0.05) is 17.7 Å². The average Bonchev–Trinajstić information content (AvgIpc) is 3.11. The second-order valence-corrected chi connectivity index (χ2v) is 7.36. The summed E-state index contributed by atoms with van der Waals surface area (Å²) in [5.41, 5.74) is 3.44. The second kappa shape index (κ2) is 6.39. The molecule has 0 amide bonds. The normalized spacial score (nSPS) is 22.7. The van der Waals surface area contributed by atoms with Crippen LogP contribution in [0, 0.1) is 23.0 Å². The van der Waals surface area contributed by atoms with Crippen molar-refractivity contribution < 1.29 is 14.8 Å². The summed E-state index contributed by atoms with van der Waals surface area (Å²) < 4.78 is 0. The molecule has 0 bridgehead atoms. The van der Waals surface area contributed by atoms with Crippen molar-refractivity contribution in [2.24, 2.45) is 5.92 Å². The SMILES string of the molecule is Cc1c(C(=O)O)ccc2c1N[C@H](c1ccc(Cl)c([N+](=O)[O-])c1)[C@@H]1CC=C[C@H]21. The monoisotopic (exact) mass is 384 g/mol. The minimum absolute atomic E-state index is 0.102. The Morgan fingerprint density at radius 3 is 2.81 bits per heavy atom. The van der Waals surface area contributed by atoms with Gasteiger partial charge < -0.3 is 10.4 Å². The molecule has 4 rings (SSSR count). The first kappa shape index (κ1) is 17.5. The largest absolute Gasteiger partial charge is 0.478 e. The van der Waals surface area contributed by atoms with Crippen LogP contribution in [0.4, 0.5) is 11.4 Å². The van der Waals surface area contributed by atoms with E-state index in [4.69, 9.17) is 11.6 Å². The van der Waals surface area contributed by atoms with E-state index in [2.05, 4.69) is 17.5 Å². The predicted octanol–water partition coefficient (Wildman–Crippen LogP) is 5.08. The lowest BCUT2D eigenvalue weighted by molar-refractivity contribution is -0.384. The smallest absolute Gasteiger partial charge is 0.336 e. The summed E-state index contributed by atoms with van der Waals surface area (Å²) in [5, 5.41) is 24.3. The Kier molecular flexibility index (Phi) is 4.15. The number of carboxylic acid groups (broad SMARTS) is 1. The first-order valence-corrected chi connectivity index (χ1v) is 9.00. The number of nitro benzene ring substituents is 1. The topological polar surface area (TPSA) is 92.5 Å². The van der Waals surface area contributed by atoms with Gasteiger partial charge in [0.2, 0.25) is 0 Å². The maximum absolute atomic E-state index is 11.5. The third-order valence-electron chi connectivity index (χ3n) is 5.55. The van der Waals surface area contributed by atoms with Gasteiger partial charge in [-0.3, -0.25) is 10.1 Å². The van der Waals surface area contributed by atoms with E-state index in [0.29, 0.717) is 5.56 Å². The quantitative estimate of drug-likeness (QED) is 0.437. The fourth-order valence-electron chi connectivity index (χ4n) is 4.24. The van der Waals surface area contributed by atoms with Crippen molar-refractivity contribution in [3.63, 3.8) is 0 Å². The number of carboxylic acids is 1. The number of rotatable bonds is 3. The lowest BCUT2D eigenvalue weighted by atomic mass is 9.76. The van der Waals surface area contributed by atoms with Crippen LogP contribution in [-0.2, 0) is 0 Å². The van der Waals surface area contributed by atoms with E-state index in [1.807, 2.05) is 6.07 Å². The van der Waals surface area contributed by atoms with Crippen molar-refractivity contribution in [2.45, 2.75) is 25.3 Å². The van der Waals surface area contributed by atoms with E-state index >= 15 is 0 Å². The summed E-state index contributed by atoms with van der Waals surface area (Å²) >= 11 is 5.96. The van der Waals surface area contributed by atoms with Crippen LogP contribution >= 0.6 is 11.6 Å². The van der Waals surface area contributed by atoms with Crippen LogP contribution in [0.15, 0.2) is 42.5 Å². The molecule has 0 saturated carbocycles. The van der Waals surface area contributed by atoms with Gasteiger partial charge in [-0.1, -0.05) is 35.9 Å². The van der Waals surface area contributed by atoms with Crippen LogP contribution in [-0.4, -0.2) is 16.0 Å². The number of aromatic carboxylic acids is 1. The van der Waals surface area contributed by atoms with Crippen molar-refractivity contribution in [3.8, 4) is 0 Å². The Hall–Kier alpha value is -2.86. The number of benzene rings is 2. The van der Waals surface area contributed by atoms with Gasteiger partial charge in [-0.15, -0.1) is 0 Å². The molecular weight excluding hydrogens is 368 g/mol. The molecule has 6 nitrogen and oxygen atoms in total. The van der Waals surface area contributed by atoms with E-state index in [1.165, 1.54) is 6.07 Å². The minimum Gasteiger partial charge on any atom is -0.478 e. The molecule has 138 valence electrons. The lowest BCUT2D eigenvalue weighted by Gasteiger charge is -2.38. The fourth-order valence-corrected chi connectivity index (χ4v) is 4.43. The van der Waals surface area contributed by atoms with Crippen LogP contribution in [0.25, 0.3) is 0 Å². The molecule has 0 saturated heterocycles. The van der Waals surface area contributed by atoms with Crippen molar-refractivity contribution in [3.05, 3.63) is 79.9 Å². The summed E-state index contributed by atoms with van der Waals surface area (Å²) in [5.74, 6) is -0.629. The first-order chi connectivity index (χ1) is 12.9. The summed E-state index contributed by atoms with van der Waals surface area (Å²) in [6, 6.07) is 8.20. The first-order valence-electron chi connectivity index (χ1n) is 8.62. The number of halogens is 1. The minimum atomic E-state index is -0.972. The van der Waals surface area contributed by atoms with Gasteiger partial charge in [-0.05, 0) is 48.1 Å². The second-order valence-electron chi connectivity index (χ2n) is 6.95. The standard InChI is InChI=1S/C20H17ClN2O4/c1-10-12(20(24)25)6-7-15-13-3-2-4-14(13)19(22-18(10)15)11-5-8-16(21)17(9-11)23(26)27/h2-3,5-9,13-14,19,22H,4H2,1H3,(H,24,25)/t13-,14+,19+/m0/s1. The molecule has 0 aromatic heterocycles. The van der Waals surface area contributed by atoms with Crippen molar-refractivity contribution >= 4 is 28.9 Å².